The number of rotatable bonds is 4. The molecule has 2 nitrogen and oxygen atoms in total. The molecule has 0 aromatic carbocycles. The van der Waals surface area contributed by atoms with Crippen LogP contribution in [0.1, 0.15) is 40.5 Å². The Morgan fingerprint density at radius 3 is 2.31 bits per heavy atom. The van der Waals surface area contributed by atoms with Crippen LogP contribution in [0.4, 0.5) is 0 Å². The molecule has 1 aliphatic heterocycles. The van der Waals surface area contributed by atoms with Gasteiger partial charge in [-0.3, -0.25) is 4.90 Å². The summed E-state index contributed by atoms with van der Waals surface area (Å²) in [6.45, 7) is 13.2. The molecular formula is C14H28N2. The van der Waals surface area contributed by atoms with E-state index in [0.717, 1.165) is 23.8 Å². The highest BCUT2D eigenvalue weighted by Crippen LogP contribution is 2.32. The lowest BCUT2D eigenvalue weighted by atomic mass is 9.94. The lowest BCUT2D eigenvalue weighted by Gasteiger charge is -2.44. The molecule has 1 saturated carbocycles. The van der Waals surface area contributed by atoms with E-state index in [0.29, 0.717) is 6.04 Å². The highest BCUT2D eigenvalue weighted by atomic mass is 15.2. The Bertz CT molecular complexity index is 221. The zero-order valence-corrected chi connectivity index (χ0v) is 11.4. The molecule has 16 heavy (non-hydrogen) atoms. The summed E-state index contributed by atoms with van der Waals surface area (Å²) in [4.78, 5) is 2.77. The monoisotopic (exact) mass is 224 g/mol. The van der Waals surface area contributed by atoms with Gasteiger partial charge in [0.05, 0.1) is 0 Å². The van der Waals surface area contributed by atoms with Gasteiger partial charge < -0.3 is 5.32 Å². The van der Waals surface area contributed by atoms with Gasteiger partial charge in [0.2, 0.25) is 0 Å². The molecule has 94 valence electrons. The molecule has 1 saturated heterocycles. The fraction of sp³-hybridized carbons (Fsp3) is 1.00. The third kappa shape index (κ3) is 2.98. The molecule has 2 unspecified atom stereocenters. The molecule has 2 rings (SSSR count). The van der Waals surface area contributed by atoms with Crippen LogP contribution in [0.5, 0.6) is 0 Å². The Morgan fingerprint density at radius 2 is 1.81 bits per heavy atom. The molecule has 1 aliphatic carbocycles. The van der Waals surface area contributed by atoms with Gasteiger partial charge in [0.15, 0.2) is 0 Å². The molecule has 0 bridgehead atoms. The third-order valence-electron chi connectivity index (χ3n) is 4.25. The predicted octanol–water partition coefficient (Wildman–Crippen LogP) is 2.35. The SMILES string of the molecule is CC(C)C1CN(CC2CC2)C(C(C)C)CN1. The summed E-state index contributed by atoms with van der Waals surface area (Å²) in [5.74, 6) is 2.56. The van der Waals surface area contributed by atoms with Crippen molar-refractivity contribution in [2.45, 2.75) is 52.6 Å². The van der Waals surface area contributed by atoms with Crippen LogP contribution in [0.15, 0.2) is 0 Å². The van der Waals surface area contributed by atoms with E-state index in [9.17, 15) is 0 Å². The van der Waals surface area contributed by atoms with E-state index >= 15 is 0 Å². The fourth-order valence-corrected chi connectivity index (χ4v) is 2.80. The van der Waals surface area contributed by atoms with Crippen LogP contribution in [0.25, 0.3) is 0 Å². The van der Waals surface area contributed by atoms with Crippen LogP contribution >= 0.6 is 0 Å². The highest BCUT2D eigenvalue weighted by molar-refractivity contribution is 4.91. The maximum atomic E-state index is 3.73. The van der Waals surface area contributed by atoms with E-state index in [1.807, 2.05) is 0 Å². The number of hydrogen-bond donors (Lipinski definition) is 1. The molecule has 2 aliphatic rings. The minimum Gasteiger partial charge on any atom is -0.311 e. The number of nitrogens with one attached hydrogen (secondary N) is 1. The van der Waals surface area contributed by atoms with E-state index in [-0.39, 0.29) is 0 Å². The maximum Gasteiger partial charge on any atom is 0.0244 e. The van der Waals surface area contributed by atoms with Gasteiger partial charge in [-0.2, -0.15) is 0 Å². The van der Waals surface area contributed by atoms with Crippen molar-refractivity contribution in [1.29, 1.82) is 0 Å². The minimum absolute atomic E-state index is 0.703. The van der Waals surface area contributed by atoms with Gasteiger partial charge in [-0.05, 0) is 30.6 Å². The number of hydrogen-bond acceptors (Lipinski definition) is 2. The summed E-state index contributed by atoms with van der Waals surface area (Å²) in [6, 6.07) is 1.46. The van der Waals surface area contributed by atoms with E-state index in [1.165, 1.54) is 32.5 Å². The lowest BCUT2D eigenvalue weighted by Crippen LogP contribution is -2.60. The van der Waals surface area contributed by atoms with Crippen LogP contribution in [0, 0.1) is 17.8 Å². The largest absolute Gasteiger partial charge is 0.311 e. The van der Waals surface area contributed by atoms with Crippen LogP contribution in [0.3, 0.4) is 0 Å². The first-order chi connectivity index (χ1) is 7.58. The zero-order chi connectivity index (χ0) is 11.7. The van der Waals surface area contributed by atoms with Crippen LogP contribution in [-0.4, -0.2) is 36.6 Å². The quantitative estimate of drug-likeness (QED) is 0.788. The molecule has 0 amide bonds. The first-order valence-corrected chi connectivity index (χ1v) is 7.05. The molecule has 2 heteroatoms. The van der Waals surface area contributed by atoms with Gasteiger partial charge in [0, 0.05) is 31.7 Å². The van der Waals surface area contributed by atoms with Gasteiger partial charge in [-0.25, -0.2) is 0 Å². The zero-order valence-electron chi connectivity index (χ0n) is 11.4. The van der Waals surface area contributed by atoms with Gasteiger partial charge in [0.25, 0.3) is 0 Å². The van der Waals surface area contributed by atoms with E-state index in [1.54, 1.807) is 0 Å². The summed E-state index contributed by atoms with van der Waals surface area (Å²) < 4.78 is 0. The second-order valence-electron chi connectivity index (χ2n) is 6.47. The molecule has 2 atom stereocenters. The Morgan fingerprint density at radius 1 is 1.12 bits per heavy atom. The van der Waals surface area contributed by atoms with Gasteiger partial charge >= 0.3 is 0 Å². The van der Waals surface area contributed by atoms with Crippen LogP contribution < -0.4 is 5.32 Å². The topological polar surface area (TPSA) is 15.3 Å². The van der Waals surface area contributed by atoms with Gasteiger partial charge in [0.1, 0.15) is 0 Å². The second kappa shape index (κ2) is 5.05. The predicted molar refractivity (Wildman–Crippen MR) is 69.6 cm³/mol. The van der Waals surface area contributed by atoms with Crippen molar-refractivity contribution in [2.75, 3.05) is 19.6 Å². The van der Waals surface area contributed by atoms with Crippen molar-refractivity contribution in [2.24, 2.45) is 17.8 Å². The minimum atomic E-state index is 0.703. The van der Waals surface area contributed by atoms with E-state index < -0.39 is 0 Å². The van der Waals surface area contributed by atoms with Crippen LogP contribution in [0.2, 0.25) is 0 Å². The third-order valence-corrected chi connectivity index (χ3v) is 4.25. The Kier molecular flexibility index (Phi) is 3.91. The summed E-state index contributed by atoms with van der Waals surface area (Å²) in [5.41, 5.74) is 0. The Balaban J connectivity index is 1.94. The first kappa shape index (κ1) is 12.4. The molecular weight excluding hydrogens is 196 g/mol. The van der Waals surface area contributed by atoms with Gasteiger partial charge in [-0.1, -0.05) is 27.7 Å². The second-order valence-corrected chi connectivity index (χ2v) is 6.47. The van der Waals surface area contributed by atoms with Crippen molar-refractivity contribution in [3.8, 4) is 0 Å². The average Bonchev–Trinajstić information content (AvgIpc) is 3.01. The normalized spacial score (nSPS) is 32.6. The summed E-state index contributed by atoms with van der Waals surface area (Å²) >= 11 is 0. The molecule has 1 heterocycles. The molecule has 0 radical (unpaired) electrons. The molecule has 1 N–H and O–H groups in total. The van der Waals surface area contributed by atoms with Crippen molar-refractivity contribution in [1.82, 2.24) is 10.2 Å². The molecule has 0 spiro atoms. The van der Waals surface area contributed by atoms with Crippen molar-refractivity contribution >= 4 is 0 Å². The van der Waals surface area contributed by atoms with Crippen molar-refractivity contribution in [3.05, 3.63) is 0 Å². The first-order valence-electron chi connectivity index (χ1n) is 7.05. The molecule has 0 aromatic heterocycles. The average molecular weight is 224 g/mol. The summed E-state index contributed by atoms with van der Waals surface area (Å²) in [6.07, 6.45) is 2.95. The Hall–Kier alpha value is -0.0800. The summed E-state index contributed by atoms with van der Waals surface area (Å²) in [5, 5.41) is 3.73. The smallest absolute Gasteiger partial charge is 0.0244 e. The molecule has 0 aromatic rings. The highest BCUT2D eigenvalue weighted by Gasteiger charge is 2.34. The number of nitrogens with zero attached hydrogens (tertiary/aromatic N) is 1. The van der Waals surface area contributed by atoms with E-state index in [2.05, 4.69) is 37.9 Å². The fourth-order valence-electron chi connectivity index (χ4n) is 2.80. The van der Waals surface area contributed by atoms with Crippen molar-refractivity contribution in [3.63, 3.8) is 0 Å². The Labute approximate surface area is 101 Å². The van der Waals surface area contributed by atoms with Gasteiger partial charge in [-0.15, -0.1) is 0 Å². The number of piperazine rings is 1. The lowest BCUT2D eigenvalue weighted by molar-refractivity contribution is 0.0808. The molecule has 2 fully saturated rings. The summed E-state index contributed by atoms with van der Waals surface area (Å²) in [7, 11) is 0. The standard InChI is InChI=1S/C14H28N2/c1-10(2)13-9-16(8-12-5-6-12)14(7-15-13)11(3)4/h10-15H,5-9H2,1-4H3. The van der Waals surface area contributed by atoms with Crippen molar-refractivity contribution < 1.29 is 0 Å². The van der Waals surface area contributed by atoms with E-state index in [4.69, 9.17) is 0 Å². The van der Waals surface area contributed by atoms with Crippen LogP contribution in [-0.2, 0) is 0 Å². The maximum absolute atomic E-state index is 3.73.